The Hall–Kier alpha value is -3.18. The fraction of sp³-hybridized carbons (Fsp3) is 0.818. The summed E-state index contributed by atoms with van der Waals surface area (Å²) in [6.07, 6.45) is -0.643. The van der Waals surface area contributed by atoms with Gasteiger partial charge in [-0.1, -0.05) is 48.5 Å². The van der Waals surface area contributed by atoms with Crippen molar-refractivity contribution in [2.75, 3.05) is 13.1 Å². The molecule has 0 aromatic rings. The molecule has 1 aliphatic carbocycles. The maximum Gasteiger partial charge on any atom is 0.408 e. The first kappa shape index (κ1) is 38.0. The van der Waals surface area contributed by atoms with Gasteiger partial charge in [0.2, 0.25) is 17.6 Å². The standard InChI is InChI=1S/C33H56N4O8/c1-18(2)16-20(24(39)27(41)34-15-14-21(38)44-31(6,7)8)35-26(40)23-22-19(33(22,12)13)17-37(23)28(42)25(30(3,4)5)36-29(43)45-32(9,10)11/h18-20,22-23,25H,14-17H2,1-13H3,(H,34,41)(H,35,40)(H,36,43). The lowest BCUT2D eigenvalue weighted by atomic mass is 9.85. The van der Waals surface area contributed by atoms with Crippen LogP contribution in [-0.2, 0) is 33.4 Å². The van der Waals surface area contributed by atoms with Crippen LogP contribution in [0.2, 0.25) is 0 Å². The average molecular weight is 637 g/mol. The van der Waals surface area contributed by atoms with E-state index in [0.29, 0.717) is 6.54 Å². The van der Waals surface area contributed by atoms with Crippen LogP contribution in [0.5, 0.6) is 0 Å². The number of ketones is 1. The van der Waals surface area contributed by atoms with Crippen LogP contribution in [0, 0.1) is 28.6 Å². The van der Waals surface area contributed by atoms with Crippen molar-refractivity contribution in [1.29, 1.82) is 0 Å². The van der Waals surface area contributed by atoms with E-state index in [9.17, 15) is 28.8 Å². The van der Waals surface area contributed by atoms with E-state index in [0.717, 1.165) is 0 Å². The highest BCUT2D eigenvalue weighted by Gasteiger charge is 2.70. The minimum absolute atomic E-state index is 0.0384. The van der Waals surface area contributed by atoms with Crippen molar-refractivity contribution in [2.24, 2.45) is 28.6 Å². The van der Waals surface area contributed by atoms with Gasteiger partial charge in [0.05, 0.1) is 12.5 Å². The van der Waals surface area contributed by atoms with Crippen LogP contribution < -0.4 is 16.0 Å². The maximum absolute atomic E-state index is 14.1. The summed E-state index contributed by atoms with van der Waals surface area (Å²) in [5, 5.41) is 7.96. The van der Waals surface area contributed by atoms with Crippen LogP contribution in [0.15, 0.2) is 0 Å². The fourth-order valence-electron chi connectivity index (χ4n) is 5.93. The molecule has 1 saturated heterocycles. The van der Waals surface area contributed by atoms with Gasteiger partial charge in [-0.3, -0.25) is 24.0 Å². The molecule has 3 N–H and O–H groups in total. The summed E-state index contributed by atoms with van der Waals surface area (Å²) in [4.78, 5) is 80.3. The molecule has 2 rings (SSSR count). The van der Waals surface area contributed by atoms with E-state index in [1.54, 1.807) is 41.5 Å². The van der Waals surface area contributed by atoms with Crippen molar-refractivity contribution in [1.82, 2.24) is 20.9 Å². The van der Waals surface area contributed by atoms with E-state index >= 15 is 0 Å². The minimum Gasteiger partial charge on any atom is -0.460 e. The van der Waals surface area contributed by atoms with E-state index < -0.39 is 70.3 Å². The van der Waals surface area contributed by atoms with Gasteiger partial charge in [0.1, 0.15) is 23.3 Å². The Kier molecular flexibility index (Phi) is 11.5. The summed E-state index contributed by atoms with van der Waals surface area (Å²) in [6.45, 7) is 23.9. The minimum atomic E-state index is -1.13. The highest BCUT2D eigenvalue weighted by Crippen LogP contribution is 2.65. The third-order valence-electron chi connectivity index (χ3n) is 8.13. The number of rotatable bonds is 11. The molecule has 12 heteroatoms. The third kappa shape index (κ3) is 10.4. The highest BCUT2D eigenvalue weighted by molar-refractivity contribution is 6.38. The molecule has 5 atom stereocenters. The number of nitrogens with zero attached hydrogens (tertiary/aromatic N) is 1. The summed E-state index contributed by atoms with van der Waals surface area (Å²) in [6, 6.07) is -3.00. The number of amides is 4. The Balaban J connectivity index is 2.24. The van der Waals surface area contributed by atoms with Gasteiger partial charge in [0.25, 0.3) is 5.91 Å². The van der Waals surface area contributed by atoms with Crippen molar-refractivity contribution in [3.63, 3.8) is 0 Å². The van der Waals surface area contributed by atoms with Gasteiger partial charge < -0.3 is 30.3 Å². The Morgan fingerprint density at radius 1 is 0.867 bits per heavy atom. The lowest BCUT2D eigenvalue weighted by Crippen LogP contribution is -2.61. The number of Topliss-reactive ketones (excluding diaryl/α,β-unsaturated/α-hetero) is 1. The van der Waals surface area contributed by atoms with Gasteiger partial charge in [-0.25, -0.2) is 4.79 Å². The number of ether oxygens (including phenoxy) is 2. The molecule has 2 aliphatic rings. The van der Waals surface area contributed by atoms with E-state index in [2.05, 4.69) is 16.0 Å². The van der Waals surface area contributed by atoms with Gasteiger partial charge in [0.15, 0.2) is 0 Å². The number of piperidine rings is 1. The summed E-state index contributed by atoms with van der Waals surface area (Å²) >= 11 is 0. The number of hydrogen-bond donors (Lipinski definition) is 3. The van der Waals surface area contributed by atoms with Crippen molar-refractivity contribution in [2.45, 2.75) is 132 Å². The highest BCUT2D eigenvalue weighted by atomic mass is 16.6. The molecule has 45 heavy (non-hydrogen) atoms. The summed E-state index contributed by atoms with van der Waals surface area (Å²) < 4.78 is 10.6. The molecule has 0 aromatic carbocycles. The van der Waals surface area contributed by atoms with Crippen LogP contribution in [0.1, 0.15) is 103 Å². The van der Waals surface area contributed by atoms with Gasteiger partial charge >= 0.3 is 12.1 Å². The Morgan fingerprint density at radius 2 is 1.42 bits per heavy atom. The lowest BCUT2D eigenvalue weighted by Gasteiger charge is -2.38. The number of likely N-dealkylation sites (tertiary alicyclic amines) is 1. The van der Waals surface area contributed by atoms with Crippen molar-refractivity contribution in [3.8, 4) is 0 Å². The maximum atomic E-state index is 14.1. The lowest BCUT2D eigenvalue weighted by molar-refractivity contribution is -0.154. The Bertz CT molecular complexity index is 1160. The number of carbonyl (C=O) groups excluding carboxylic acids is 6. The van der Waals surface area contributed by atoms with E-state index in [1.165, 1.54) is 4.90 Å². The molecule has 2 fully saturated rings. The van der Waals surface area contributed by atoms with Gasteiger partial charge in [-0.05, 0) is 76.5 Å². The molecule has 1 saturated carbocycles. The van der Waals surface area contributed by atoms with Crippen LogP contribution in [-0.4, -0.2) is 82.9 Å². The largest absolute Gasteiger partial charge is 0.460 e. The van der Waals surface area contributed by atoms with Gasteiger partial charge in [-0.15, -0.1) is 0 Å². The molecule has 256 valence electrons. The predicted molar refractivity (Wildman–Crippen MR) is 169 cm³/mol. The van der Waals surface area contributed by atoms with Gasteiger partial charge in [-0.2, -0.15) is 0 Å². The number of carbonyl (C=O) groups is 6. The first-order valence-corrected chi connectivity index (χ1v) is 15.9. The normalized spacial score (nSPS) is 22.1. The van der Waals surface area contributed by atoms with Crippen LogP contribution in [0.3, 0.4) is 0 Å². The Morgan fingerprint density at radius 3 is 1.91 bits per heavy atom. The number of hydrogen-bond acceptors (Lipinski definition) is 8. The van der Waals surface area contributed by atoms with Crippen molar-refractivity contribution < 1.29 is 38.2 Å². The van der Waals surface area contributed by atoms with Crippen molar-refractivity contribution in [3.05, 3.63) is 0 Å². The molecule has 1 heterocycles. The number of alkyl carbamates (subject to hydrolysis) is 1. The molecule has 0 radical (unpaired) electrons. The second kappa shape index (κ2) is 13.7. The average Bonchev–Trinajstić information content (AvgIpc) is 3.16. The summed E-state index contributed by atoms with van der Waals surface area (Å²) in [5.41, 5.74) is -2.35. The first-order valence-electron chi connectivity index (χ1n) is 15.9. The second-order valence-corrected chi connectivity index (χ2v) is 16.5. The zero-order valence-electron chi connectivity index (χ0n) is 29.5. The van der Waals surface area contributed by atoms with E-state index in [4.69, 9.17) is 9.47 Å². The Labute approximate surface area is 268 Å². The molecular formula is C33H56N4O8. The van der Waals surface area contributed by atoms with Crippen LogP contribution in [0.4, 0.5) is 4.79 Å². The first-order chi connectivity index (χ1) is 20.3. The van der Waals surface area contributed by atoms with Crippen LogP contribution >= 0.6 is 0 Å². The van der Waals surface area contributed by atoms with E-state index in [-0.39, 0.29) is 42.6 Å². The molecule has 5 unspecified atom stereocenters. The van der Waals surface area contributed by atoms with Crippen molar-refractivity contribution >= 4 is 35.6 Å². The zero-order chi connectivity index (χ0) is 34.9. The molecule has 0 spiro atoms. The smallest absolute Gasteiger partial charge is 0.408 e. The molecule has 0 bridgehead atoms. The summed E-state index contributed by atoms with van der Waals surface area (Å²) in [7, 11) is 0. The molecule has 12 nitrogen and oxygen atoms in total. The predicted octanol–water partition coefficient (Wildman–Crippen LogP) is 3.36. The van der Waals surface area contributed by atoms with E-state index in [1.807, 2.05) is 48.5 Å². The number of nitrogens with one attached hydrogen (secondary N) is 3. The van der Waals surface area contributed by atoms with Gasteiger partial charge in [0, 0.05) is 13.1 Å². The SMILES string of the molecule is CC(C)CC(NC(=O)C1C2C(CN1C(=O)C(NC(=O)OC(C)(C)C)C(C)(C)C)C2(C)C)C(=O)C(=O)NCCC(=O)OC(C)(C)C. The molecule has 4 amide bonds. The molecular weight excluding hydrogens is 580 g/mol. The topological polar surface area (TPSA) is 160 Å². The summed E-state index contributed by atoms with van der Waals surface area (Å²) in [5.74, 6) is -3.32. The quantitative estimate of drug-likeness (QED) is 0.230. The zero-order valence-corrected chi connectivity index (χ0v) is 29.5. The monoisotopic (exact) mass is 636 g/mol. The third-order valence-corrected chi connectivity index (χ3v) is 8.13. The van der Waals surface area contributed by atoms with Crippen LogP contribution in [0.25, 0.3) is 0 Å². The fourth-order valence-corrected chi connectivity index (χ4v) is 5.93. The molecule has 1 aliphatic heterocycles. The molecule has 0 aromatic heterocycles. The number of fused-ring (bicyclic) bond motifs is 1. The second-order valence-electron chi connectivity index (χ2n) is 16.5. The number of esters is 1.